The molecule has 1 atom stereocenters. The first kappa shape index (κ1) is 22.0. The van der Waals surface area contributed by atoms with E-state index < -0.39 is 15.1 Å². The van der Waals surface area contributed by atoms with E-state index in [9.17, 15) is 18.0 Å². The van der Waals surface area contributed by atoms with E-state index in [0.717, 1.165) is 16.8 Å². The van der Waals surface area contributed by atoms with Crippen LogP contribution >= 0.6 is 0 Å². The number of benzene rings is 2. The highest BCUT2D eigenvalue weighted by molar-refractivity contribution is 7.92. The summed E-state index contributed by atoms with van der Waals surface area (Å²) in [6.07, 6.45) is 1.24. The Kier molecular flexibility index (Phi) is 6.61. The number of hydrogen-bond donors (Lipinski definition) is 1. The van der Waals surface area contributed by atoms with E-state index in [4.69, 9.17) is 0 Å². The Morgan fingerprint density at radius 3 is 2.50 bits per heavy atom. The van der Waals surface area contributed by atoms with Crippen LogP contribution < -0.4 is 10.2 Å². The number of sulfone groups is 1. The highest BCUT2D eigenvalue weighted by Gasteiger charge is 2.29. The molecule has 0 saturated heterocycles. The van der Waals surface area contributed by atoms with Crippen LogP contribution in [0, 0.1) is 6.92 Å². The van der Waals surface area contributed by atoms with Gasteiger partial charge in [-0.2, -0.15) is 0 Å². The van der Waals surface area contributed by atoms with Crippen molar-refractivity contribution in [2.75, 3.05) is 18.0 Å². The quantitative estimate of drug-likeness (QED) is 0.735. The lowest BCUT2D eigenvalue weighted by molar-refractivity contribution is -0.121. The predicted molar refractivity (Wildman–Crippen MR) is 117 cm³/mol. The summed E-state index contributed by atoms with van der Waals surface area (Å²) in [5, 5.41) is 1.98. The molecular formula is C23H28N2O4S. The predicted octanol–water partition coefficient (Wildman–Crippen LogP) is 2.82. The van der Waals surface area contributed by atoms with Crippen molar-refractivity contribution in [1.82, 2.24) is 5.32 Å². The maximum absolute atomic E-state index is 12.9. The van der Waals surface area contributed by atoms with Crippen molar-refractivity contribution in [2.24, 2.45) is 0 Å². The topological polar surface area (TPSA) is 83.6 Å². The minimum atomic E-state index is -3.64. The van der Waals surface area contributed by atoms with Gasteiger partial charge < -0.3 is 10.2 Å². The molecule has 0 fully saturated rings. The lowest BCUT2D eigenvalue weighted by Gasteiger charge is -2.16. The van der Waals surface area contributed by atoms with Crippen LogP contribution in [0.5, 0.6) is 0 Å². The number of anilines is 1. The van der Waals surface area contributed by atoms with E-state index in [1.807, 2.05) is 31.2 Å². The first-order valence-electron chi connectivity index (χ1n) is 10.2. The van der Waals surface area contributed by atoms with Crippen LogP contribution in [0.2, 0.25) is 0 Å². The first-order chi connectivity index (χ1) is 14.2. The van der Waals surface area contributed by atoms with Gasteiger partial charge in [-0.1, -0.05) is 29.8 Å². The van der Waals surface area contributed by atoms with Crippen molar-refractivity contribution in [3.8, 4) is 0 Å². The first-order valence-corrected chi connectivity index (χ1v) is 11.7. The standard InChI is InChI=1S/C23H28N2O4S/c1-16-4-6-19(7-5-16)10-12-24-23(27)14-17(2)30(28,29)21-8-9-22-20(15-21)11-13-25(22)18(3)26/h4-9,15,17H,10-14H2,1-3H3,(H,24,27)/t17-/m1/s1. The van der Waals surface area contributed by atoms with Gasteiger partial charge in [0, 0.05) is 32.1 Å². The summed E-state index contributed by atoms with van der Waals surface area (Å²) in [6.45, 7) is 6.11. The second kappa shape index (κ2) is 9.00. The van der Waals surface area contributed by atoms with Gasteiger partial charge in [-0.3, -0.25) is 9.59 Å². The summed E-state index contributed by atoms with van der Waals surface area (Å²) in [7, 11) is -3.64. The molecule has 2 amide bonds. The third-order valence-corrected chi connectivity index (χ3v) is 7.65. The van der Waals surface area contributed by atoms with Crippen LogP contribution in [0.1, 0.15) is 37.0 Å². The molecule has 0 unspecified atom stereocenters. The van der Waals surface area contributed by atoms with Crippen LogP contribution in [-0.4, -0.2) is 38.6 Å². The molecule has 0 radical (unpaired) electrons. The summed E-state index contributed by atoms with van der Waals surface area (Å²) in [5.74, 6) is -0.331. The molecule has 2 aromatic rings. The van der Waals surface area contributed by atoms with E-state index in [2.05, 4.69) is 5.32 Å². The van der Waals surface area contributed by atoms with Crippen LogP contribution in [0.25, 0.3) is 0 Å². The number of aryl methyl sites for hydroxylation is 1. The van der Waals surface area contributed by atoms with Crippen LogP contribution in [0.3, 0.4) is 0 Å². The number of hydrogen-bond acceptors (Lipinski definition) is 4. The molecule has 0 saturated carbocycles. The lowest BCUT2D eigenvalue weighted by Crippen LogP contribution is -2.31. The van der Waals surface area contributed by atoms with E-state index in [1.165, 1.54) is 18.6 Å². The van der Waals surface area contributed by atoms with Gasteiger partial charge in [0.15, 0.2) is 9.84 Å². The fraction of sp³-hybridized carbons (Fsp3) is 0.391. The summed E-state index contributed by atoms with van der Waals surface area (Å²) in [6, 6.07) is 13.0. The maximum atomic E-state index is 12.9. The average molecular weight is 429 g/mol. The van der Waals surface area contributed by atoms with Gasteiger partial charge in [-0.15, -0.1) is 0 Å². The Morgan fingerprint density at radius 1 is 1.13 bits per heavy atom. The van der Waals surface area contributed by atoms with E-state index in [1.54, 1.807) is 24.0 Å². The number of carbonyl (C=O) groups is 2. The second-order valence-corrected chi connectivity index (χ2v) is 10.2. The van der Waals surface area contributed by atoms with Gasteiger partial charge in [0.25, 0.3) is 0 Å². The van der Waals surface area contributed by atoms with E-state index >= 15 is 0 Å². The summed E-state index contributed by atoms with van der Waals surface area (Å²) >= 11 is 0. The largest absolute Gasteiger partial charge is 0.356 e. The molecule has 0 spiro atoms. The fourth-order valence-electron chi connectivity index (χ4n) is 3.66. The Hall–Kier alpha value is -2.67. The van der Waals surface area contributed by atoms with Crippen LogP contribution in [0.4, 0.5) is 5.69 Å². The number of rotatable bonds is 7. The lowest BCUT2D eigenvalue weighted by atomic mass is 10.1. The number of carbonyl (C=O) groups excluding carboxylic acids is 2. The fourth-order valence-corrected chi connectivity index (χ4v) is 5.06. The summed E-state index contributed by atoms with van der Waals surface area (Å²) in [4.78, 5) is 25.8. The molecule has 160 valence electrons. The van der Waals surface area contributed by atoms with Gasteiger partial charge in [0.2, 0.25) is 11.8 Å². The Labute approximate surface area is 178 Å². The molecule has 30 heavy (non-hydrogen) atoms. The van der Waals surface area contributed by atoms with Gasteiger partial charge in [0.05, 0.1) is 10.1 Å². The number of nitrogens with zero attached hydrogens (tertiary/aromatic N) is 1. The zero-order chi connectivity index (χ0) is 21.9. The molecule has 0 aliphatic carbocycles. The molecule has 0 aromatic heterocycles. The monoisotopic (exact) mass is 428 g/mol. The van der Waals surface area contributed by atoms with Crippen molar-refractivity contribution in [3.63, 3.8) is 0 Å². The Balaban J connectivity index is 1.59. The van der Waals surface area contributed by atoms with Crippen molar-refractivity contribution in [3.05, 3.63) is 59.2 Å². The SMILES string of the molecule is CC(=O)N1CCc2cc(S(=O)(=O)[C@H](C)CC(=O)NCCc3ccc(C)cc3)ccc21. The summed E-state index contributed by atoms with van der Waals surface area (Å²) < 4.78 is 25.9. The molecule has 0 bridgehead atoms. The Morgan fingerprint density at radius 2 is 1.83 bits per heavy atom. The molecule has 1 aliphatic rings. The van der Waals surface area contributed by atoms with Crippen LogP contribution in [0.15, 0.2) is 47.4 Å². The van der Waals surface area contributed by atoms with E-state index in [-0.39, 0.29) is 23.1 Å². The van der Waals surface area contributed by atoms with Gasteiger partial charge in [-0.25, -0.2) is 8.42 Å². The average Bonchev–Trinajstić information content (AvgIpc) is 3.13. The molecule has 3 rings (SSSR count). The van der Waals surface area contributed by atoms with Crippen molar-refractivity contribution in [2.45, 2.75) is 50.2 Å². The van der Waals surface area contributed by atoms with E-state index in [0.29, 0.717) is 25.9 Å². The highest BCUT2D eigenvalue weighted by Crippen LogP contribution is 2.31. The van der Waals surface area contributed by atoms with Crippen molar-refractivity contribution < 1.29 is 18.0 Å². The molecule has 7 heteroatoms. The third kappa shape index (κ3) is 4.90. The van der Waals surface area contributed by atoms with Crippen molar-refractivity contribution >= 4 is 27.3 Å². The third-order valence-electron chi connectivity index (χ3n) is 5.51. The number of amides is 2. The molecule has 1 heterocycles. The normalized spacial score (nSPS) is 14.3. The summed E-state index contributed by atoms with van der Waals surface area (Å²) in [5.41, 5.74) is 3.92. The van der Waals surface area contributed by atoms with Crippen LogP contribution in [-0.2, 0) is 32.3 Å². The number of nitrogens with one attached hydrogen (secondary N) is 1. The smallest absolute Gasteiger partial charge is 0.223 e. The maximum Gasteiger partial charge on any atom is 0.223 e. The molecule has 1 N–H and O–H groups in total. The molecular weight excluding hydrogens is 400 g/mol. The van der Waals surface area contributed by atoms with Gasteiger partial charge >= 0.3 is 0 Å². The van der Waals surface area contributed by atoms with Gasteiger partial charge in [-0.05, 0) is 56.0 Å². The Bertz CT molecular complexity index is 1050. The highest BCUT2D eigenvalue weighted by atomic mass is 32.2. The zero-order valence-electron chi connectivity index (χ0n) is 17.6. The minimum absolute atomic E-state index is 0.0555. The van der Waals surface area contributed by atoms with Gasteiger partial charge in [0.1, 0.15) is 0 Å². The van der Waals surface area contributed by atoms with Crippen molar-refractivity contribution in [1.29, 1.82) is 0 Å². The minimum Gasteiger partial charge on any atom is -0.356 e. The number of fused-ring (bicyclic) bond motifs is 1. The zero-order valence-corrected chi connectivity index (χ0v) is 18.5. The second-order valence-electron chi connectivity index (χ2n) is 7.86. The molecule has 1 aliphatic heterocycles. The molecule has 6 nitrogen and oxygen atoms in total. The molecule has 2 aromatic carbocycles.